The average molecular weight is 415 g/mol. The van der Waals surface area contributed by atoms with Gasteiger partial charge in [0.15, 0.2) is 0 Å². The van der Waals surface area contributed by atoms with Gasteiger partial charge in [-0.1, -0.05) is 24.4 Å². The summed E-state index contributed by atoms with van der Waals surface area (Å²) in [7, 11) is 1.40. The van der Waals surface area contributed by atoms with Crippen LogP contribution in [0, 0.1) is 0 Å². The zero-order chi connectivity index (χ0) is 15.6. The molecule has 116 valence electrons. The molecule has 1 aliphatic rings. The third-order valence-corrected chi connectivity index (χ3v) is 6.39. The van der Waals surface area contributed by atoms with E-state index in [9.17, 15) is 13.2 Å². The summed E-state index contributed by atoms with van der Waals surface area (Å²) < 4.78 is 23.3. The fourth-order valence-electron chi connectivity index (χ4n) is 2.32. The molecule has 1 amide bonds. The van der Waals surface area contributed by atoms with Crippen LogP contribution >= 0.6 is 38.2 Å². The molecule has 4 nitrogen and oxygen atoms in total. The molecule has 21 heavy (non-hydrogen) atoms. The molecule has 0 spiro atoms. The van der Waals surface area contributed by atoms with Crippen LogP contribution in [0.2, 0.25) is 5.02 Å². The first-order chi connectivity index (χ1) is 9.80. The highest BCUT2D eigenvalue weighted by Crippen LogP contribution is 2.33. The minimum absolute atomic E-state index is 0.148. The number of amides is 1. The normalized spacial score (nSPS) is 16.6. The lowest BCUT2D eigenvalue weighted by atomic mass is 10.2. The third kappa shape index (κ3) is 4.12. The van der Waals surface area contributed by atoms with E-state index in [1.165, 1.54) is 12.1 Å². The van der Waals surface area contributed by atoms with Gasteiger partial charge >= 0.3 is 0 Å². The van der Waals surface area contributed by atoms with E-state index >= 15 is 0 Å². The Morgan fingerprint density at radius 1 is 1.14 bits per heavy atom. The average Bonchev–Trinajstić information content (AvgIpc) is 2.68. The summed E-state index contributed by atoms with van der Waals surface area (Å²) in [5.74, 6) is -0.215. The van der Waals surface area contributed by atoms with Gasteiger partial charge in [-0.25, -0.2) is 8.42 Å². The molecule has 0 N–H and O–H groups in total. The fourth-order valence-corrected chi connectivity index (χ4v) is 4.70. The molecule has 0 radical (unpaired) electrons. The van der Waals surface area contributed by atoms with Gasteiger partial charge in [0.05, 0.1) is 14.4 Å². The zero-order valence-electron chi connectivity index (χ0n) is 11.1. The lowest BCUT2D eigenvalue weighted by Gasteiger charge is -2.21. The summed E-state index contributed by atoms with van der Waals surface area (Å²) in [5, 5.41) is 0.148. The number of carbonyl (C=O) groups excluding carboxylic acids is 1. The molecule has 0 unspecified atom stereocenters. The van der Waals surface area contributed by atoms with Gasteiger partial charge in [-0.05, 0) is 40.9 Å². The maximum absolute atomic E-state index is 12.5. The molecule has 0 saturated carbocycles. The van der Waals surface area contributed by atoms with Crippen molar-refractivity contribution in [1.82, 2.24) is 4.90 Å². The maximum Gasteiger partial charge on any atom is 0.262 e. The molecular formula is C13H14BrCl2NO3S. The van der Waals surface area contributed by atoms with Gasteiger partial charge in [-0.15, -0.1) is 0 Å². The van der Waals surface area contributed by atoms with Crippen molar-refractivity contribution in [1.29, 1.82) is 0 Å². The van der Waals surface area contributed by atoms with Crippen molar-refractivity contribution in [3.05, 3.63) is 27.2 Å². The SMILES string of the molecule is O=C(c1cc(Cl)c(Br)c(S(=O)(=O)Cl)c1)N1CCCCCC1. The molecular weight excluding hydrogens is 401 g/mol. The zero-order valence-corrected chi connectivity index (χ0v) is 15.0. The number of likely N-dealkylation sites (tertiary alicyclic amines) is 1. The Bertz CT molecular complexity index is 656. The second kappa shape index (κ2) is 6.86. The number of carbonyl (C=O) groups is 1. The molecule has 1 heterocycles. The van der Waals surface area contributed by atoms with Crippen LogP contribution in [-0.2, 0) is 9.05 Å². The van der Waals surface area contributed by atoms with E-state index in [4.69, 9.17) is 22.3 Å². The smallest absolute Gasteiger partial charge is 0.262 e. The summed E-state index contributed by atoms with van der Waals surface area (Å²) in [6, 6.07) is 2.73. The largest absolute Gasteiger partial charge is 0.339 e. The quantitative estimate of drug-likeness (QED) is 0.686. The predicted octanol–water partition coefficient (Wildman–Crippen LogP) is 4.05. The van der Waals surface area contributed by atoms with Crippen molar-refractivity contribution in [2.45, 2.75) is 30.6 Å². The number of hydrogen-bond donors (Lipinski definition) is 0. The first-order valence-electron chi connectivity index (χ1n) is 6.53. The number of halogens is 3. The molecule has 8 heteroatoms. The number of hydrogen-bond acceptors (Lipinski definition) is 3. The van der Waals surface area contributed by atoms with Gasteiger partial charge < -0.3 is 4.90 Å². The monoisotopic (exact) mass is 413 g/mol. The molecule has 2 rings (SSSR count). The van der Waals surface area contributed by atoms with Crippen molar-refractivity contribution >= 4 is 53.2 Å². The molecule has 1 aromatic rings. The Labute approximate surface area is 142 Å². The van der Waals surface area contributed by atoms with Crippen LogP contribution in [0.5, 0.6) is 0 Å². The predicted molar refractivity (Wildman–Crippen MR) is 86.6 cm³/mol. The second-order valence-corrected chi connectivity index (χ2v) is 8.65. The Hall–Kier alpha value is -0.300. The Balaban J connectivity index is 2.39. The van der Waals surface area contributed by atoms with Crippen molar-refractivity contribution in [3.63, 3.8) is 0 Å². The van der Waals surface area contributed by atoms with Crippen LogP contribution in [0.3, 0.4) is 0 Å². The molecule has 1 aromatic carbocycles. The highest BCUT2D eigenvalue weighted by Gasteiger charge is 2.23. The number of nitrogens with zero attached hydrogens (tertiary/aromatic N) is 1. The van der Waals surface area contributed by atoms with Crippen molar-refractivity contribution < 1.29 is 13.2 Å². The standard InChI is InChI=1S/C13H14BrCl2NO3S/c14-12-10(15)7-9(8-11(12)21(16,19)20)13(18)17-5-3-1-2-4-6-17/h7-8H,1-6H2. The highest BCUT2D eigenvalue weighted by molar-refractivity contribution is 9.10. The number of rotatable bonds is 2. The van der Waals surface area contributed by atoms with Crippen LogP contribution in [-0.4, -0.2) is 32.3 Å². The molecule has 1 fully saturated rings. The Morgan fingerprint density at radius 3 is 2.24 bits per heavy atom. The van der Waals surface area contributed by atoms with Gasteiger partial charge in [0.25, 0.3) is 15.0 Å². The van der Waals surface area contributed by atoms with E-state index in [2.05, 4.69) is 15.9 Å². The molecule has 1 aliphatic heterocycles. The molecule has 0 bridgehead atoms. The third-order valence-electron chi connectivity index (χ3n) is 3.40. The molecule has 1 saturated heterocycles. The maximum atomic E-state index is 12.5. The lowest BCUT2D eigenvalue weighted by Crippen LogP contribution is -2.31. The van der Waals surface area contributed by atoms with Crippen LogP contribution in [0.1, 0.15) is 36.0 Å². The van der Waals surface area contributed by atoms with Crippen molar-refractivity contribution in [2.75, 3.05) is 13.1 Å². The fraction of sp³-hybridized carbons (Fsp3) is 0.462. The first kappa shape index (κ1) is 17.1. The lowest BCUT2D eigenvalue weighted by molar-refractivity contribution is 0.0761. The molecule has 0 aromatic heterocycles. The van der Waals surface area contributed by atoms with Crippen LogP contribution in [0.15, 0.2) is 21.5 Å². The summed E-state index contributed by atoms with van der Waals surface area (Å²) in [5.41, 5.74) is 0.240. The molecule has 0 aliphatic carbocycles. The van der Waals surface area contributed by atoms with Crippen molar-refractivity contribution in [3.8, 4) is 0 Å². The minimum atomic E-state index is -3.98. The van der Waals surface area contributed by atoms with Crippen LogP contribution in [0.25, 0.3) is 0 Å². The second-order valence-electron chi connectivity index (χ2n) is 4.91. The number of benzene rings is 1. The van der Waals surface area contributed by atoms with E-state index in [1.807, 2.05) is 0 Å². The van der Waals surface area contributed by atoms with Gasteiger partial charge in [-0.2, -0.15) is 0 Å². The van der Waals surface area contributed by atoms with E-state index in [-0.39, 0.29) is 25.9 Å². The van der Waals surface area contributed by atoms with Crippen LogP contribution in [0.4, 0.5) is 0 Å². The van der Waals surface area contributed by atoms with Crippen molar-refractivity contribution in [2.24, 2.45) is 0 Å². The minimum Gasteiger partial charge on any atom is -0.339 e. The summed E-state index contributed by atoms with van der Waals surface area (Å²) >= 11 is 9.09. The van der Waals surface area contributed by atoms with E-state index < -0.39 is 9.05 Å². The summed E-state index contributed by atoms with van der Waals surface area (Å²) in [4.78, 5) is 14.1. The summed E-state index contributed by atoms with van der Waals surface area (Å²) in [6.45, 7) is 1.35. The Morgan fingerprint density at radius 2 is 1.71 bits per heavy atom. The van der Waals surface area contributed by atoms with Gasteiger partial charge in [0, 0.05) is 29.3 Å². The van der Waals surface area contributed by atoms with E-state index in [0.717, 1.165) is 25.7 Å². The van der Waals surface area contributed by atoms with E-state index in [1.54, 1.807) is 4.90 Å². The topological polar surface area (TPSA) is 54.5 Å². The Kier molecular flexibility index (Phi) is 5.57. The van der Waals surface area contributed by atoms with Gasteiger partial charge in [0.1, 0.15) is 0 Å². The molecule has 0 atom stereocenters. The summed E-state index contributed by atoms with van der Waals surface area (Å²) in [6.07, 6.45) is 4.12. The van der Waals surface area contributed by atoms with Crippen LogP contribution < -0.4 is 0 Å². The first-order valence-corrected chi connectivity index (χ1v) is 10.0. The highest BCUT2D eigenvalue weighted by atomic mass is 79.9. The van der Waals surface area contributed by atoms with Gasteiger partial charge in [0.2, 0.25) is 0 Å². The van der Waals surface area contributed by atoms with Gasteiger partial charge in [-0.3, -0.25) is 4.79 Å². The van der Waals surface area contributed by atoms with E-state index in [0.29, 0.717) is 13.1 Å².